The summed E-state index contributed by atoms with van der Waals surface area (Å²) < 4.78 is 23.4. The van der Waals surface area contributed by atoms with E-state index in [-0.39, 0.29) is 23.4 Å². The van der Waals surface area contributed by atoms with Crippen molar-refractivity contribution in [1.29, 1.82) is 0 Å². The maximum atomic E-state index is 11.7. The first kappa shape index (κ1) is 17.2. The molecule has 2 atom stereocenters. The summed E-state index contributed by atoms with van der Waals surface area (Å²) in [4.78, 5) is 2.24. The van der Waals surface area contributed by atoms with E-state index in [0.29, 0.717) is 18.6 Å². The van der Waals surface area contributed by atoms with Crippen molar-refractivity contribution in [2.24, 2.45) is 0 Å². The Balaban J connectivity index is 0.00000256. The van der Waals surface area contributed by atoms with Crippen LogP contribution in [0.4, 0.5) is 0 Å². The standard InChI is InChI=1S/C11H24N2O2S.ClH/c1-9(2)16(14,15)6-5-13-7-10(3)12-11(4)8-13;/h9-12H,5-8H2,1-4H3;1H. The lowest BCUT2D eigenvalue weighted by Gasteiger charge is -2.36. The van der Waals surface area contributed by atoms with Gasteiger partial charge in [0.05, 0.1) is 11.0 Å². The molecule has 0 saturated carbocycles. The van der Waals surface area contributed by atoms with Gasteiger partial charge in [-0.2, -0.15) is 0 Å². The maximum absolute atomic E-state index is 11.7. The summed E-state index contributed by atoms with van der Waals surface area (Å²) in [5.41, 5.74) is 0. The third kappa shape index (κ3) is 5.55. The highest BCUT2D eigenvalue weighted by Crippen LogP contribution is 2.06. The lowest BCUT2D eigenvalue weighted by atomic mass is 10.1. The molecule has 1 aliphatic heterocycles. The van der Waals surface area contributed by atoms with Crippen molar-refractivity contribution >= 4 is 22.2 Å². The van der Waals surface area contributed by atoms with Gasteiger partial charge < -0.3 is 5.32 Å². The van der Waals surface area contributed by atoms with Crippen LogP contribution < -0.4 is 5.32 Å². The van der Waals surface area contributed by atoms with Gasteiger partial charge >= 0.3 is 0 Å². The molecule has 1 N–H and O–H groups in total. The van der Waals surface area contributed by atoms with E-state index in [1.807, 2.05) is 0 Å². The maximum Gasteiger partial charge on any atom is 0.153 e. The highest BCUT2D eigenvalue weighted by atomic mass is 35.5. The lowest BCUT2D eigenvalue weighted by Crippen LogP contribution is -2.55. The van der Waals surface area contributed by atoms with Crippen LogP contribution >= 0.6 is 12.4 Å². The zero-order valence-electron chi connectivity index (χ0n) is 11.1. The third-order valence-electron chi connectivity index (χ3n) is 3.04. The molecule has 2 unspecified atom stereocenters. The van der Waals surface area contributed by atoms with Gasteiger partial charge in [-0.25, -0.2) is 8.42 Å². The number of nitrogens with one attached hydrogen (secondary N) is 1. The summed E-state index contributed by atoms with van der Waals surface area (Å²) in [5.74, 6) is 0.282. The summed E-state index contributed by atoms with van der Waals surface area (Å²) in [6.45, 7) is 10.3. The first-order valence-electron chi connectivity index (χ1n) is 6.01. The number of sulfone groups is 1. The Morgan fingerprint density at radius 3 is 2.12 bits per heavy atom. The van der Waals surface area contributed by atoms with E-state index in [2.05, 4.69) is 24.1 Å². The van der Waals surface area contributed by atoms with Crippen LogP contribution in [-0.4, -0.2) is 56.0 Å². The molecule has 6 heteroatoms. The summed E-state index contributed by atoms with van der Waals surface area (Å²) in [7, 11) is -2.89. The molecule has 0 amide bonds. The summed E-state index contributed by atoms with van der Waals surface area (Å²) in [6.07, 6.45) is 0. The van der Waals surface area contributed by atoms with Gasteiger partial charge in [0.1, 0.15) is 0 Å². The minimum Gasteiger partial charge on any atom is -0.309 e. The fourth-order valence-corrected chi connectivity index (χ4v) is 3.10. The van der Waals surface area contributed by atoms with Crippen LogP contribution in [0.25, 0.3) is 0 Å². The van der Waals surface area contributed by atoms with Crippen molar-refractivity contribution in [2.75, 3.05) is 25.4 Å². The zero-order chi connectivity index (χ0) is 12.3. The SMILES string of the molecule is CC1CN(CCS(=O)(=O)C(C)C)CC(C)N1.Cl. The van der Waals surface area contributed by atoms with Gasteiger partial charge in [0.15, 0.2) is 9.84 Å². The van der Waals surface area contributed by atoms with Gasteiger partial charge in [-0.15, -0.1) is 12.4 Å². The fraction of sp³-hybridized carbons (Fsp3) is 1.00. The number of halogens is 1. The molecule has 0 bridgehead atoms. The van der Waals surface area contributed by atoms with Crippen molar-refractivity contribution < 1.29 is 8.42 Å². The van der Waals surface area contributed by atoms with Crippen LogP contribution in [0.2, 0.25) is 0 Å². The predicted octanol–water partition coefficient (Wildman–Crippen LogP) is 0.914. The van der Waals surface area contributed by atoms with Crippen LogP contribution in [-0.2, 0) is 9.84 Å². The highest BCUT2D eigenvalue weighted by Gasteiger charge is 2.23. The zero-order valence-corrected chi connectivity index (χ0v) is 12.8. The fourth-order valence-electron chi connectivity index (χ4n) is 2.11. The van der Waals surface area contributed by atoms with E-state index in [4.69, 9.17) is 0 Å². The summed E-state index contributed by atoms with van der Waals surface area (Å²) in [5, 5.41) is 3.18. The van der Waals surface area contributed by atoms with Crippen molar-refractivity contribution in [3.05, 3.63) is 0 Å². The molecule has 0 aromatic rings. The Bertz CT molecular complexity index is 309. The molecule has 1 rings (SSSR count). The van der Waals surface area contributed by atoms with Crippen molar-refractivity contribution in [1.82, 2.24) is 10.2 Å². The predicted molar refractivity (Wildman–Crippen MR) is 74.7 cm³/mol. The molecule has 1 fully saturated rings. The van der Waals surface area contributed by atoms with Crippen LogP contribution in [0.3, 0.4) is 0 Å². The van der Waals surface area contributed by atoms with E-state index >= 15 is 0 Å². The molecule has 0 aromatic carbocycles. The minimum absolute atomic E-state index is 0. The second kappa shape index (κ2) is 6.92. The molecule has 1 aliphatic rings. The van der Waals surface area contributed by atoms with E-state index in [0.717, 1.165) is 13.1 Å². The lowest BCUT2D eigenvalue weighted by molar-refractivity contribution is 0.182. The van der Waals surface area contributed by atoms with E-state index in [9.17, 15) is 8.42 Å². The van der Waals surface area contributed by atoms with E-state index in [1.54, 1.807) is 13.8 Å². The normalized spacial score (nSPS) is 26.9. The van der Waals surface area contributed by atoms with E-state index in [1.165, 1.54) is 0 Å². The third-order valence-corrected chi connectivity index (χ3v) is 5.23. The number of piperazine rings is 1. The Morgan fingerprint density at radius 2 is 1.71 bits per heavy atom. The molecule has 4 nitrogen and oxygen atoms in total. The van der Waals surface area contributed by atoms with Gasteiger partial charge in [0, 0.05) is 31.7 Å². The molecule has 0 aliphatic carbocycles. The average molecular weight is 285 g/mol. The molecule has 0 radical (unpaired) electrons. The smallest absolute Gasteiger partial charge is 0.153 e. The second-order valence-electron chi connectivity index (χ2n) is 5.14. The van der Waals surface area contributed by atoms with Crippen LogP contribution in [0.1, 0.15) is 27.7 Å². The minimum atomic E-state index is -2.89. The van der Waals surface area contributed by atoms with Crippen LogP contribution in [0, 0.1) is 0 Å². The molecule has 104 valence electrons. The summed E-state index contributed by atoms with van der Waals surface area (Å²) in [6, 6.07) is 0.899. The van der Waals surface area contributed by atoms with Gasteiger partial charge in [-0.1, -0.05) is 0 Å². The molecule has 1 saturated heterocycles. The average Bonchev–Trinajstić information content (AvgIpc) is 2.13. The van der Waals surface area contributed by atoms with Gasteiger partial charge in [0.2, 0.25) is 0 Å². The van der Waals surface area contributed by atoms with Gasteiger partial charge in [-0.05, 0) is 27.7 Å². The molecule has 0 spiro atoms. The van der Waals surface area contributed by atoms with Crippen molar-refractivity contribution in [3.63, 3.8) is 0 Å². The second-order valence-corrected chi connectivity index (χ2v) is 7.82. The van der Waals surface area contributed by atoms with Gasteiger partial charge in [0.25, 0.3) is 0 Å². The van der Waals surface area contributed by atoms with Crippen molar-refractivity contribution in [2.45, 2.75) is 45.0 Å². The number of rotatable bonds is 4. The molecule has 1 heterocycles. The Hall–Kier alpha value is 0.160. The first-order chi connectivity index (χ1) is 7.31. The number of hydrogen-bond donors (Lipinski definition) is 1. The van der Waals surface area contributed by atoms with Crippen molar-refractivity contribution in [3.8, 4) is 0 Å². The Labute approximate surface area is 111 Å². The molecular weight excluding hydrogens is 260 g/mol. The molecule has 0 aromatic heterocycles. The van der Waals surface area contributed by atoms with Crippen LogP contribution in [0.15, 0.2) is 0 Å². The Morgan fingerprint density at radius 1 is 1.24 bits per heavy atom. The quantitative estimate of drug-likeness (QED) is 0.834. The number of nitrogens with zero attached hydrogens (tertiary/aromatic N) is 1. The molecular formula is C11H25ClN2O2S. The first-order valence-corrected chi connectivity index (χ1v) is 7.73. The van der Waals surface area contributed by atoms with E-state index < -0.39 is 9.84 Å². The highest BCUT2D eigenvalue weighted by molar-refractivity contribution is 7.92. The van der Waals surface area contributed by atoms with Gasteiger partial charge in [-0.3, -0.25) is 4.90 Å². The topological polar surface area (TPSA) is 49.4 Å². The molecule has 17 heavy (non-hydrogen) atoms. The number of hydrogen-bond acceptors (Lipinski definition) is 4. The largest absolute Gasteiger partial charge is 0.309 e. The Kier molecular flexibility index (Phi) is 6.99. The van der Waals surface area contributed by atoms with Crippen LogP contribution in [0.5, 0.6) is 0 Å². The monoisotopic (exact) mass is 284 g/mol. The summed E-state index contributed by atoms with van der Waals surface area (Å²) >= 11 is 0.